The highest BCUT2D eigenvalue weighted by atomic mass is 32.1. The van der Waals surface area contributed by atoms with Gasteiger partial charge in [-0.25, -0.2) is 4.98 Å². The summed E-state index contributed by atoms with van der Waals surface area (Å²) >= 11 is 1.32. The van der Waals surface area contributed by atoms with E-state index in [2.05, 4.69) is 36.4 Å². The van der Waals surface area contributed by atoms with Gasteiger partial charge in [0.2, 0.25) is 0 Å². The number of hydrogen-bond acceptors (Lipinski definition) is 5. The molecule has 0 radical (unpaired) electrons. The lowest BCUT2D eigenvalue weighted by atomic mass is 10.1. The fourth-order valence-corrected chi connectivity index (χ4v) is 2.53. The minimum Gasteiger partial charge on any atom is -0.382 e. The number of nitrogens with two attached hydrogens (primary N) is 1. The second-order valence-corrected chi connectivity index (χ2v) is 6.52. The number of carbonyl (C=O) groups is 1. The molecular formula is C14H26N4OS. The van der Waals surface area contributed by atoms with E-state index in [1.165, 1.54) is 11.3 Å². The average Bonchev–Trinajstić information content (AvgIpc) is 2.75. The van der Waals surface area contributed by atoms with Gasteiger partial charge in [-0.3, -0.25) is 4.79 Å². The molecular weight excluding hydrogens is 272 g/mol. The lowest BCUT2D eigenvalue weighted by molar-refractivity contribution is 0.0943. The first-order valence-electron chi connectivity index (χ1n) is 7.25. The topological polar surface area (TPSA) is 80.0 Å². The minimum absolute atomic E-state index is 0.124. The summed E-state index contributed by atoms with van der Waals surface area (Å²) in [5.74, 6) is 0.703. The second-order valence-electron chi connectivity index (χ2n) is 5.52. The van der Waals surface area contributed by atoms with E-state index in [0.29, 0.717) is 21.7 Å². The first-order chi connectivity index (χ1) is 9.43. The van der Waals surface area contributed by atoms with Gasteiger partial charge in [-0.1, -0.05) is 44.9 Å². The number of unbranched alkanes of at least 4 members (excludes halogenated alkanes) is 1. The fourth-order valence-electron chi connectivity index (χ4n) is 1.73. The summed E-state index contributed by atoms with van der Waals surface area (Å²) in [4.78, 5) is 16.8. The Kier molecular flexibility index (Phi) is 6.78. The van der Waals surface area contributed by atoms with Crippen LogP contribution in [0, 0.1) is 5.92 Å². The van der Waals surface area contributed by atoms with Crippen LogP contribution in [0.1, 0.15) is 56.6 Å². The number of aromatic nitrogens is 1. The van der Waals surface area contributed by atoms with Crippen molar-refractivity contribution in [2.24, 2.45) is 5.92 Å². The van der Waals surface area contributed by atoms with Crippen LogP contribution in [0.15, 0.2) is 0 Å². The van der Waals surface area contributed by atoms with Crippen LogP contribution in [-0.2, 0) is 0 Å². The van der Waals surface area contributed by atoms with Gasteiger partial charge in [-0.05, 0) is 19.3 Å². The van der Waals surface area contributed by atoms with E-state index in [1.54, 1.807) is 0 Å². The highest BCUT2D eigenvalue weighted by Crippen LogP contribution is 2.25. The van der Waals surface area contributed by atoms with E-state index in [1.807, 2.05) is 6.92 Å². The molecule has 1 unspecified atom stereocenters. The number of rotatable bonds is 8. The van der Waals surface area contributed by atoms with Crippen molar-refractivity contribution in [1.29, 1.82) is 0 Å². The molecule has 114 valence electrons. The molecule has 0 aliphatic heterocycles. The van der Waals surface area contributed by atoms with Gasteiger partial charge in [0.25, 0.3) is 5.91 Å². The highest BCUT2D eigenvalue weighted by molar-refractivity contribution is 7.18. The lowest BCUT2D eigenvalue weighted by Gasteiger charge is -2.12. The zero-order valence-electron chi connectivity index (χ0n) is 12.8. The Labute approximate surface area is 125 Å². The van der Waals surface area contributed by atoms with Crippen molar-refractivity contribution in [3.63, 3.8) is 0 Å². The first-order valence-corrected chi connectivity index (χ1v) is 8.06. The zero-order valence-corrected chi connectivity index (χ0v) is 13.6. The predicted octanol–water partition coefficient (Wildman–Crippen LogP) is 3.10. The molecule has 0 aromatic carbocycles. The Hall–Kier alpha value is -1.30. The summed E-state index contributed by atoms with van der Waals surface area (Å²) in [6.07, 6.45) is 3.23. The number of hydrogen-bond donors (Lipinski definition) is 3. The third-order valence-electron chi connectivity index (χ3n) is 2.89. The smallest absolute Gasteiger partial charge is 0.265 e. The molecule has 5 nitrogen and oxygen atoms in total. The molecule has 20 heavy (non-hydrogen) atoms. The Morgan fingerprint density at radius 1 is 1.40 bits per heavy atom. The van der Waals surface area contributed by atoms with Crippen LogP contribution in [-0.4, -0.2) is 23.5 Å². The van der Waals surface area contributed by atoms with E-state index >= 15 is 0 Å². The van der Waals surface area contributed by atoms with Crippen LogP contribution in [0.4, 0.5) is 10.9 Å². The third kappa shape index (κ3) is 5.36. The van der Waals surface area contributed by atoms with Crippen molar-refractivity contribution < 1.29 is 4.79 Å². The Morgan fingerprint density at radius 3 is 2.70 bits per heavy atom. The summed E-state index contributed by atoms with van der Waals surface area (Å²) in [5.41, 5.74) is 5.82. The molecule has 0 aliphatic rings. The molecule has 0 aliphatic carbocycles. The van der Waals surface area contributed by atoms with Crippen LogP contribution < -0.4 is 16.4 Å². The number of anilines is 2. The Balaban J connectivity index is 2.59. The number of nitrogens with zero attached hydrogens (tertiary/aromatic N) is 1. The van der Waals surface area contributed by atoms with Crippen molar-refractivity contribution in [2.45, 2.75) is 53.0 Å². The quantitative estimate of drug-likeness (QED) is 0.689. The van der Waals surface area contributed by atoms with Crippen LogP contribution in [0.3, 0.4) is 0 Å². The van der Waals surface area contributed by atoms with Crippen molar-refractivity contribution >= 4 is 28.2 Å². The summed E-state index contributed by atoms with van der Waals surface area (Å²) in [7, 11) is 0. The molecule has 1 rings (SSSR count). The average molecular weight is 298 g/mol. The normalized spacial score (nSPS) is 12.4. The summed E-state index contributed by atoms with van der Waals surface area (Å²) < 4.78 is 0. The molecule has 1 heterocycles. The van der Waals surface area contributed by atoms with E-state index in [-0.39, 0.29) is 11.9 Å². The highest BCUT2D eigenvalue weighted by Gasteiger charge is 2.17. The Morgan fingerprint density at radius 2 is 2.10 bits per heavy atom. The molecule has 0 spiro atoms. The van der Waals surface area contributed by atoms with Crippen molar-refractivity contribution in [1.82, 2.24) is 10.3 Å². The van der Waals surface area contributed by atoms with Gasteiger partial charge >= 0.3 is 0 Å². The van der Waals surface area contributed by atoms with E-state index in [0.717, 1.165) is 25.8 Å². The molecule has 6 heteroatoms. The van der Waals surface area contributed by atoms with E-state index < -0.39 is 0 Å². The van der Waals surface area contributed by atoms with Gasteiger partial charge in [0.15, 0.2) is 5.13 Å². The Bertz CT molecular complexity index is 431. The number of nitrogens with one attached hydrogen (secondary N) is 2. The number of amides is 1. The lowest BCUT2D eigenvalue weighted by Crippen LogP contribution is -2.32. The molecule has 0 saturated heterocycles. The maximum Gasteiger partial charge on any atom is 0.265 e. The van der Waals surface area contributed by atoms with Gasteiger partial charge < -0.3 is 16.4 Å². The van der Waals surface area contributed by atoms with Crippen LogP contribution in [0.5, 0.6) is 0 Å². The summed E-state index contributed by atoms with van der Waals surface area (Å²) in [6.45, 7) is 9.21. The molecule has 4 N–H and O–H groups in total. The fraction of sp³-hybridized carbons (Fsp3) is 0.714. The van der Waals surface area contributed by atoms with E-state index in [9.17, 15) is 4.79 Å². The van der Waals surface area contributed by atoms with Gasteiger partial charge in [0.1, 0.15) is 10.7 Å². The molecule has 0 bridgehead atoms. The first kappa shape index (κ1) is 16.8. The molecule has 1 aromatic rings. The molecule has 1 atom stereocenters. The number of carbonyl (C=O) groups excluding carboxylic acids is 1. The molecule has 1 amide bonds. The maximum absolute atomic E-state index is 12.1. The third-order valence-corrected chi connectivity index (χ3v) is 3.92. The van der Waals surface area contributed by atoms with Crippen LogP contribution >= 0.6 is 11.3 Å². The molecule has 0 fully saturated rings. The second kappa shape index (κ2) is 8.09. The van der Waals surface area contributed by atoms with Gasteiger partial charge in [-0.2, -0.15) is 0 Å². The predicted molar refractivity (Wildman–Crippen MR) is 86.3 cm³/mol. The largest absolute Gasteiger partial charge is 0.382 e. The van der Waals surface area contributed by atoms with Gasteiger partial charge in [0, 0.05) is 12.6 Å². The van der Waals surface area contributed by atoms with Crippen molar-refractivity contribution in [3.05, 3.63) is 4.88 Å². The maximum atomic E-state index is 12.1. The standard InChI is InChI=1S/C14H26N4OS/c1-5-6-7-10(4)17-13(19)11-12(15)18-14(20-11)16-8-9(2)3/h9-10H,5-8,15H2,1-4H3,(H,16,18)(H,17,19). The zero-order chi connectivity index (χ0) is 15.1. The van der Waals surface area contributed by atoms with Crippen LogP contribution in [0.25, 0.3) is 0 Å². The molecule has 1 aromatic heterocycles. The molecule has 0 saturated carbocycles. The monoisotopic (exact) mass is 298 g/mol. The minimum atomic E-state index is -0.124. The number of thiazole rings is 1. The van der Waals surface area contributed by atoms with Crippen LogP contribution in [0.2, 0.25) is 0 Å². The van der Waals surface area contributed by atoms with Crippen molar-refractivity contribution in [2.75, 3.05) is 17.6 Å². The van der Waals surface area contributed by atoms with Gasteiger partial charge in [-0.15, -0.1) is 0 Å². The van der Waals surface area contributed by atoms with Crippen molar-refractivity contribution in [3.8, 4) is 0 Å². The summed E-state index contributed by atoms with van der Waals surface area (Å²) in [5, 5.41) is 6.88. The van der Waals surface area contributed by atoms with E-state index in [4.69, 9.17) is 5.73 Å². The van der Waals surface area contributed by atoms with Gasteiger partial charge in [0.05, 0.1) is 0 Å². The number of nitrogen functional groups attached to an aromatic ring is 1. The summed E-state index contributed by atoms with van der Waals surface area (Å²) in [6, 6.07) is 0.163. The SMILES string of the molecule is CCCCC(C)NC(=O)c1sc(NCC(C)C)nc1N.